The zero-order chi connectivity index (χ0) is 21.0. The zero-order valence-electron chi connectivity index (χ0n) is 17.0. The number of para-hydroxylation sites is 1. The summed E-state index contributed by atoms with van der Waals surface area (Å²) in [6.45, 7) is 6.39. The first-order valence-corrected chi connectivity index (χ1v) is 11.2. The van der Waals surface area contributed by atoms with Crippen molar-refractivity contribution in [2.75, 3.05) is 13.1 Å². The van der Waals surface area contributed by atoms with E-state index < -0.39 is 10.0 Å². The monoisotopic (exact) mass is 413 g/mol. The van der Waals surface area contributed by atoms with Crippen molar-refractivity contribution < 1.29 is 13.2 Å². The lowest BCUT2D eigenvalue weighted by Gasteiger charge is -2.19. The van der Waals surface area contributed by atoms with Crippen molar-refractivity contribution in [2.24, 2.45) is 0 Å². The Morgan fingerprint density at radius 1 is 1.07 bits per heavy atom. The summed E-state index contributed by atoms with van der Waals surface area (Å²) in [6, 6.07) is 14.4. The van der Waals surface area contributed by atoms with Crippen molar-refractivity contribution >= 4 is 26.8 Å². The van der Waals surface area contributed by atoms with Crippen LogP contribution in [0.25, 0.3) is 10.9 Å². The number of aromatic nitrogens is 1. The van der Waals surface area contributed by atoms with Crippen molar-refractivity contribution in [2.45, 2.75) is 38.1 Å². The molecule has 0 saturated carbocycles. The first-order chi connectivity index (χ1) is 13.9. The van der Waals surface area contributed by atoms with Gasteiger partial charge in [0.1, 0.15) is 0 Å². The van der Waals surface area contributed by atoms with Gasteiger partial charge in [-0.2, -0.15) is 4.31 Å². The Bertz CT molecular complexity index is 1080. The van der Waals surface area contributed by atoms with Crippen LogP contribution in [-0.2, 0) is 21.2 Å². The van der Waals surface area contributed by atoms with Crippen LogP contribution in [-0.4, -0.2) is 36.7 Å². The highest BCUT2D eigenvalue weighted by molar-refractivity contribution is 7.89. The molecule has 1 aromatic heterocycles. The van der Waals surface area contributed by atoms with Gasteiger partial charge in [0.15, 0.2) is 0 Å². The normalized spacial score (nSPS) is 13.0. The average molecular weight is 414 g/mol. The maximum atomic E-state index is 12.6. The van der Waals surface area contributed by atoms with Gasteiger partial charge in [-0.05, 0) is 36.2 Å². The van der Waals surface area contributed by atoms with Gasteiger partial charge >= 0.3 is 0 Å². The van der Waals surface area contributed by atoms with Crippen LogP contribution in [0.4, 0.5) is 0 Å². The lowest BCUT2D eigenvalue weighted by Crippen LogP contribution is -2.30. The standard InChI is InChI=1S/C22H27N3O3S/c1-4-25(5-2)29(27,28)19-12-10-17(11-13-19)16(3)24-22(26)14-18-15-23-21-9-7-6-8-20(18)21/h6-13,15-16,23H,4-5,14H2,1-3H3,(H,24,26)/t16-/m0/s1. The molecule has 0 fully saturated rings. The molecule has 2 aromatic carbocycles. The van der Waals surface area contributed by atoms with E-state index >= 15 is 0 Å². The second-order valence-corrected chi connectivity index (χ2v) is 8.92. The molecule has 0 spiro atoms. The Morgan fingerprint density at radius 3 is 2.38 bits per heavy atom. The van der Waals surface area contributed by atoms with Crippen molar-refractivity contribution in [3.8, 4) is 0 Å². The number of hydrogen-bond acceptors (Lipinski definition) is 3. The molecule has 0 saturated heterocycles. The number of rotatable bonds is 8. The van der Waals surface area contributed by atoms with Crippen molar-refractivity contribution in [1.29, 1.82) is 0 Å². The summed E-state index contributed by atoms with van der Waals surface area (Å²) in [5.74, 6) is -0.0814. The van der Waals surface area contributed by atoms with E-state index in [-0.39, 0.29) is 23.3 Å². The number of carbonyl (C=O) groups is 1. The van der Waals surface area contributed by atoms with Crippen LogP contribution in [0.3, 0.4) is 0 Å². The molecule has 0 aliphatic rings. The highest BCUT2D eigenvalue weighted by atomic mass is 32.2. The number of fused-ring (bicyclic) bond motifs is 1. The van der Waals surface area contributed by atoms with Crippen molar-refractivity contribution in [3.05, 3.63) is 65.9 Å². The number of nitrogens with one attached hydrogen (secondary N) is 2. The minimum atomic E-state index is -3.48. The van der Waals surface area contributed by atoms with E-state index in [2.05, 4.69) is 10.3 Å². The van der Waals surface area contributed by atoms with Crippen LogP contribution in [0.2, 0.25) is 0 Å². The summed E-state index contributed by atoms with van der Waals surface area (Å²) in [4.78, 5) is 15.9. The summed E-state index contributed by atoms with van der Waals surface area (Å²) in [5, 5.41) is 4.03. The zero-order valence-corrected chi connectivity index (χ0v) is 17.8. The summed E-state index contributed by atoms with van der Waals surface area (Å²) in [6.07, 6.45) is 2.14. The fraction of sp³-hybridized carbons (Fsp3) is 0.318. The molecular formula is C22H27N3O3S. The van der Waals surface area contributed by atoms with Gasteiger partial charge in [-0.15, -0.1) is 0 Å². The van der Waals surface area contributed by atoms with Gasteiger partial charge in [-0.3, -0.25) is 4.79 Å². The molecule has 6 nitrogen and oxygen atoms in total. The van der Waals surface area contributed by atoms with Crippen molar-refractivity contribution in [3.63, 3.8) is 0 Å². The van der Waals surface area contributed by atoms with E-state index in [1.165, 1.54) is 4.31 Å². The molecule has 3 rings (SSSR count). The number of amides is 1. The molecule has 0 aliphatic carbocycles. The number of carbonyl (C=O) groups excluding carboxylic acids is 1. The number of benzene rings is 2. The van der Waals surface area contributed by atoms with Gasteiger partial charge in [-0.25, -0.2) is 8.42 Å². The third kappa shape index (κ3) is 4.52. The van der Waals surface area contributed by atoms with E-state index in [4.69, 9.17) is 0 Å². The van der Waals surface area contributed by atoms with Gasteiger partial charge < -0.3 is 10.3 Å². The predicted molar refractivity (Wildman–Crippen MR) is 115 cm³/mol. The number of hydrogen-bond donors (Lipinski definition) is 2. The second kappa shape index (κ2) is 8.80. The van der Waals surface area contributed by atoms with Gasteiger partial charge in [0.2, 0.25) is 15.9 Å². The lowest BCUT2D eigenvalue weighted by atomic mass is 10.1. The maximum Gasteiger partial charge on any atom is 0.243 e. The predicted octanol–water partition coefficient (Wildman–Crippen LogP) is 3.62. The van der Waals surface area contributed by atoms with Crippen LogP contribution in [0.1, 0.15) is 37.9 Å². The second-order valence-electron chi connectivity index (χ2n) is 6.98. The molecule has 1 atom stereocenters. The average Bonchev–Trinajstić information content (AvgIpc) is 3.11. The van der Waals surface area contributed by atoms with Crippen LogP contribution in [0, 0.1) is 0 Å². The molecule has 29 heavy (non-hydrogen) atoms. The Hall–Kier alpha value is -2.64. The first kappa shape index (κ1) is 21.1. The molecule has 0 radical (unpaired) electrons. The Labute approximate surface area is 172 Å². The molecule has 7 heteroatoms. The SMILES string of the molecule is CCN(CC)S(=O)(=O)c1ccc([C@H](C)NC(=O)Cc2c[nH]c3ccccc23)cc1. The van der Waals surface area contributed by atoms with E-state index in [1.54, 1.807) is 24.3 Å². The highest BCUT2D eigenvalue weighted by Crippen LogP contribution is 2.21. The summed E-state index contributed by atoms with van der Waals surface area (Å²) >= 11 is 0. The highest BCUT2D eigenvalue weighted by Gasteiger charge is 2.21. The topological polar surface area (TPSA) is 82.3 Å². The van der Waals surface area contributed by atoms with Crippen LogP contribution in [0.15, 0.2) is 59.6 Å². The molecule has 0 unspecified atom stereocenters. The number of nitrogens with zero attached hydrogens (tertiary/aromatic N) is 1. The molecule has 1 amide bonds. The van der Waals surface area contributed by atoms with Gasteiger partial charge in [-0.1, -0.05) is 44.2 Å². The molecule has 1 heterocycles. The van der Waals surface area contributed by atoms with Gasteiger partial charge in [0.05, 0.1) is 17.4 Å². The molecule has 2 N–H and O–H groups in total. The van der Waals surface area contributed by atoms with E-state index in [1.807, 2.05) is 51.2 Å². The lowest BCUT2D eigenvalue weighted by molar-refractivity contribution is -0.121. The minimum Gasteiger partial charge on any atom is -0.361 e. The summed E-state index contributed by atoms with van der Waals surface area (Å²) in [5.41, 5.74) is 2.81. The third-order valence-electron chi connectivity index (χ3n) is 5.13. The Morgan fingerprint density at radius 2 is 1.72 bits per heavy atom. The van der Waals surface area contributed by atoms with Crippen LogP contribution < -0.4 is 5.32 Å². The van der Waals surface area contributed by atoms with Crippen LogP contribution in [0.5, 0.6) is 0 Å². The Balaban J connectivity index is 1.67. The quantitative estimate of drug-likeness (QED) is 0.592. The number of aromatic amines is 1. The first-order valence-electron chi connectivity index (χ1n) is 9.81. The molecule has 3 aromatic rings. The molecule has 0 bridgehead atoms. The molecular weight excluding hydrogens is 386 g/mol. The largest absolute Gasteiger partial charge is 0.361 e. The maximum absolute atomic E-state index is 12.6. The third-order valence-corrected chi connectivity index (χ3v) is 7.19. The summed E-state index contributed by atoms with van der Waals surface area (Å²) in [7, 11) is -3.48. The number of sulfonamides is 1. The summed E-state index contributed by atoms with van der Waals surface area (Å²) < 4.78 is 26.6. The smallest absolute Gasteiger partial charge is 0.243 e. The van der Waals surface area contributed by atoms with E-state index in [9.17, 15) is 13.2 Å². The van der Waals surface area contributed by atoms with E-state index in [0.717, 1.165) is 22.0 Å². The molecule has 154 valence electrons. The Kier molecular flexibility index (Phi) is 6.39. The fourth-order valence-corrected chi connectivity index (χ4v) is 4.93. The fourth-order valence-electron chi connectivity index (χ4n) is 3.47. The van der Waals surface area contributed by atoms with Gasteiger partial charge in [0, 0.05) is 30.2 Å². The van der Waals surface area contributed by atoms with Crippen molar-refractivity contribution in [1.82, 2.24) is 14.6 Å². The number of H-pyrrole nitrogens is 1. The van der Waals surface area contributed by atoms with Gasteiger partial charge in [0.25, 0.3) is 0 Å². The van der Waals surface area contributed by atoms with Crippen LogP contribution >= 0.6 is 0 Å². The molecule has 0 aliphatic heterocycles. The minimum absolute atomic E-state index is 0.0814. The van der Waals surface area contributed by atoms with E-state index in [0.29, 0.717) is 13.1 Å².